The number of hydrogen-bond donors (Lipinski definition) is 1. The van der Waals surface area contributed by atoms with Crippen LogP contribution in [0.5, 0.6) is 11.5 Å². The molecule has 0 aliphatic heterocycles. The van der Waals surface area contributed by atoms with Crippen molar-refractivity contribution in [1.29, 1.82) is 0 Å². The zero-order valence-corrected chi connectivity index (χ0v) is 15.8. The van der Waals surface area contributed by atoms with Gasteiger partial charge >= 0.3 is 0 Å². The molecule has 0 bridgehead atoms. The highest BCUT2D eigenvalue weighted by atomic mass is 79.9. The summed E-state index contributed by atoms with van der Waals surface area (Å²) in [5, 5.41) is 2.81. The summed E-state index contributed by atoms with van der Waals surface area (Å²) in [7, 11) is 1.54. The van der Waals surface area contributed by atoms with Crippen molar-refractivity contribution in [2.24, 2.45) is 0 Å². The van der Waals surface area contributed by atoms with E-state index < -0.39 is 0 Å². The SMILES string of the molecule is COc1cc(C(=O)NCc2ccco2)cc(Br)c1OCc1ccccc1. The highest BCUT2D eigenvalue weighted by Gasteiger charge is 2.16. The number of methoxy groups -OCH3 is 1. The van der Waals surface area contributed by atoms with E-state index in [1.807, 2.05) is 30.3 Å². The molecular formula is C20H18BrNO4. The molecule has 1 N–H and O–H groups in total. The van der Waals surface area contributed by atoms with E-state index in [0.717, 1.165) is 5.56 Å². The first-order valence-electron chi connectivity index (χ1n) is 8.02. The minimum atomic E-state index is -0.227. The molecule has 6 heteroatoms. The van der Waals surface area contributed by atoms with Gasteiger partial charge in [-0.2, -0.15) is 0 Å². The van der Waals surface area contributed by atoms with Gasteiger partial charge < -0.3 is 19.2 Å². The Kier molecular flexibility index (Phi) is 5.96. The molecule has 2 aromatic carbocycles. The number of ether oxygens (including phenoxy) is 2. The molecule has 0 saturated heterocycles. The van der Waals surface area contributed by atoms with Crippen molar-refractivity contribution in [1.82, 2.24) is 5.32 Å². The van der Waals surface area contributed by atoms with Crippen LogP contribution in [0.3, 0.4) is 0 Å². The fraction of sp³-hybridized carbons (Fsp3) is 0.150. The highest BCUT2D eigenvalue weighted by Crippen LogP contribution is 2.37. The Bertz CT molecular complexity index is 863. The van der Waals surface area contributed by atoms with Crippen molar-refractivity contribution in [2.75, 3.05) is 7.11 Å². The summed E-state index contributed by atoms with van der Waals surface area (Å²) in [5.41, 5.74) is 1.51. The Hall–Kier alpha value is -2.73. The molecular weight excluding hydrogens is 398 g/mol. The first-order valence-corrected chi connectivity index (χ1v) is 8.81. The lowest BCUT2D eigenvalue weighted by Gasteiger charge is -2.14. The van der Waals surface area contributed by atoms with Crippen LogP contribution in [0.1, 0.15) is 21.7 Å². The van der Waals surface area contributed by atoms with Gasteiger partial charge in [0.1, 0.15) is 12.4 Å². The van der Waals surface area contributed by atoms with Crippen LogP contribution < -0.4 is 14.8 Å². The fourth-order valence-electron chi connectivity index (χ4n) is 2.40. The highest BCUT2D eigenvalue weighted by molar-refractivity contribution is 9.10. The Labute approximate surface area is 160 Å². The minimum Gasteiger partial charge on any atom is -0.493 e. The molecule has 0 unspecified atom stereocenters. The topological polar surface area (TPSA) is 60.7 Å². The van der Waals surface area contributed by atoms with E-state index in [0.29, 0.717) is 40.4 Å². The third-order valence-electron chi connectivity index (χ3n) is 3.72. The zero-order valence-electron chi connectivity index (χ0n) is 14.2. The molecule has 3 aromatic rings. The summed E-state index contributed by atoms with van der Waals surface area (Å²) < 4.78 is 17.1. The molecule has 0 atom stereocenters. The number of rotatable bonds is 7. The molecule has 26 heavy (non-hydrogen) atoms. The Balaban J connectivity index is 1.72. The molecule has 134 valence electrons. The molecule has 0 radical (unpaired) electrons. The van der Waals surface area contributed by atoms with Crippen molar-refractivity contribution in [2.45, 2.75) is 13.2 Å². The number of carbonyl (C=O) groups is 1. The summed E-state index contributed by atoms with van der Waals surface area (Å²) in [6.45, 7) is 0.720. The second-order valence-electron chi connectivity index (χ2n) is 5.53. The van der Waals surface area contributed by atoms with Gasteiger partial charge in [0.25, 0.3) is 5.91 Å². The summed E-state index contributed by atoms with van der Waals surface area (Å²) >= 11 is 3.47. The van der Waals surface area contributed by atoms with E-state index in [4.69, 9.17) is 13.9 Å². The standard InChI is InChI=1S/C20H18BrNO4/c1-24-18-11-15(20(23)22-12-16-8-5-9-25-16)10-17(21)19(18)26-13-14-6-3-2-4-7-14/h2-11H,12-13H2,1H3,(H,22,23). The van der Waals surface area contributed by atoms with Crippen LogP contribution >= 0.6 is 15.9 Å². The summed E-state index contributed by atoms with van der Waals surface area (Å²) in [4.78, 5) is 12.4. The molecule has 1 heterocycles. The van der Waals surface area contributed by atoms with Crippen molar-refractivity contribution < 1.29 is 18.7 Å². The van der Waals surface area contributed by atoms with Crippen LogP contribution in [-0.4, -0.2) is 13.0 Å². The third kappa shape index (κ3) is 4.46. The van der Waals surface area contributed by atoms with E-state index in [9.17, 15) is 4.79 Å². The Morgan fingerprint density at radius 1 is 1.15 bits per heavy atom. The maximum absolute atomic E-state index is 12.4. The van der Waals surface area contributed by atoms with Gasteiger partial charge in [-0.15, -0.1) is 0 Å². The van der Waals surface area contributed by atoms with Crippen LogP contribution in [0, 0.1) is 0 Å². The van der Waals surface area contributed by atoms with Crippen LogP contribution in [0.2, 0.25) is 0 Å². The minimum absolute atomic E-state index is 0.227. The average Bonchev–Trinajstić information content (AvgIpc) is 3.19. The van der Waals surface area contributed by atoms with Crippen LogP contribution in [-0.2, 0) is 13.2 Å². The zero-order chi connectivity index (χ0) is 18.4. The lowest BCUT2D eigenvalue weighted by Crippen LogP contribution is -2.22. The second-order valence-corrected chi connectivity index (χ2v) is 6.38. The van der Waals surface area contributed by atoms with E-state index >= 15 is 0 Å². The predicted octanol–water partition coefficient (Wildman–Crippen LogP) is 4.56. The van der Waals surface area contributed by atoms with Gasteiger partial charge in [0.2, 0.25) is 0 Å². The molecule has 1 aromatic heterocycles. The number of nitrogens with one attached hydrogen (secondary N) is 1. The molecule has 0 fully saturated rings. The van der Waals surface area contributed by atoms with Crippen molar-refractivity contribution in [3.8, 4) is 11.5 Å². The second kappa shape index (κ2) is 8.58. The number of furan rings is 1. The normalized spacial score (nSPS) is 10.4. The largest absolute Gasteiger partial charge is 0.493 e. The van der Waals surface area contributed by atoms with Gasteiger partial charge in [0.15, 0.2) is 11.5 Å². The average molecular weight is 416 g/mol. The molecule has 0 spiro atoms. The van der Waals surface area contributed by atoms with Crippen LogP contribution in [0.4, 0.5) is 0 Å². The third-order valence-corrected chi connectivity index (χ3v) is 4.31. The van der Waals surface area contributed by atoms with Crippen molar-refractivity contribution in [3.05, 3.63) is 82.2 Å². The van der Waals surface area contributed by atoms with E-state index in [1.54, 1.807) is 37.6 Å². The molecule has 1 amide bonds. The van der Waals surface area contributed by atoms with Gasteiger partial charge in [0, 0.05) is 5.56 Å². The van der Waals surface area contributed by atoms with Crippen LogP contribution in [0.25, 0.3) is 0 Å². The first-order chi connectivity index (χ1) is 12.7. The molecule has 0 aliphatic carbocycles. The molecule has 5 nitrogen and oxygen atoms in total. The van der Waals surface area contributed by atoms with E-state index in [1.165, 1.54) is 0 Å². The van der Waals surface area contributed by atoms with Gasteiger partial charge in [-0.1, -0.05) is 30.3 Å². The first kappa shape index (κ1) is 18.1. The Morgan fingerprint density at radius 2 is 1.96 bits per heavy atom. The maximum atomic E-state index is 12.4. The number of carbonyl (C=O) groups excluding carboxylic acids is 1. The number of amides is 1. The number of hydrogen-bond acceptors (Lipinski definition) is 4. The molecule has 3 rings (SSSR count). The quantitative estimate of drug-likeness (QED) is 0.614. The van der Waals surface area contributed by atoms with Gasteiger partial charge in [0.05, 0.1) is 24.4 Å². The van der Waals surface area contributed by atoms with E-state index in [2.05, 4.69) is 21.2 Å². The summed E-state index contributed by atoms with van der Waals surface area (Å²) in [6.07, 6.45) is 1.57. The fourth-order valence-corrected chi connectivity index (χ4v) is 2.96. The van der Waals surface area contributed by atoms with Crippen LogP contribution in [0.15, 0.2) is 69.8 Å². The monoisotopic (exact) mass is 415 g/mol. The van der Waals surface area contributed by atoms with Gasteiger partial charge in [-0.25, -0.2) is 0 Å². The molecule has 0 saturated carbocycles. The summed E-state index contributed by atoms with van der Waals surface area (Å²) in [5.74, 6) is 1.50. The van der Waals surface area contributed by atoms with E-state index in [-0.39, 0.29) is 5.91 Å². The number of benzene rings is 2. The number of halogens is 1. The van der Waals surface area contributed by atoms with Crippen molar-refractivity contribution in [3.63, 3.8) is 0 Å². The lowest BCUT2D eigenvalue weighted by atomic mass is 10.2. The molecule has 0 aliphatic rings. The van der Waals surface area contributed by atoms with Gasteiger partial charge in [-0.05, 0) is 45.8 Å². The Morgan fingerprint density at radius 3 is 2.65 bits per heavy atom. The smallest absolute Gasteiger partial charge is 0.251 e. The van der Waals surface area contributed by atoms with Crippen molar-refractivity contribution >= 4 is 21.8 Å². The maximum Gasteiger partial charge on any atom is 0.251 e. The lowest BCUT2D eigenvalue weighted by molar-refractivity contribution is 0.0947. The van der Waals surface area contributed by atoms with Gasteiger partial charge in [-0.3, -0.25) is 4.79 Å². The summed E-state index contributed by atoms with van der Waals surface area (Å²) in [6, 6.07) is 16.8. The predicted molar refractivity (Wildman–Crippen MR) is 101 cm³/mol.